The van der Waals surface area contributed by atoms with Gasteiger partial charge in [0.2, 0.25) is 11.8 Å². The van der Waals surface area contributed by atoms with E-state index in [2.05, 4.69) is 5.32 Å². The van der Waals surface area contributed by atoms with E-state index < -0.39 is 6.04 Å². The quantitative estimate of drug-likeness (QED) is 0.810. The van der Waals surface area contributed by atoms with Crippen LogP contribution in [0.3, 0.4) is 0 Å². The van der Waals surface area contributed by atoms with E-state index in [-0.39, 0.29) is 24.3 Å². The summed E-state index contributed by atoms with van der Waals surface area (Å²) in [6.07, 6.45) is 0.285. The summed E-state index contributed by atoms with van der Waals surface area (Å²) in [5.74, 6) is -0.175. The Morgan fingerprint density at radius 3 is 2.33 bits per heavy atom. The van der Waals surface area contributed by atoms with E-state index in [0.717, 1.165) is 22.3 Å². The van der Waals surface area contributed by atoms with Gasteiger partial charge in [0.1, 0.15) is 6.04 Å². The molecular formula is C23H30N2O2. The van der Waals surface area contributed by atoms with Crippen molar-refractivity contribution in [3.8, 4) is 0 Å². The van der Waals surface area contributed by atoms with Crippen LogP contribution < -0.4 is 5.32 Å². The van der Waals surface area contributed by atoms with Gasteiger partial charge in [-0.2, -0.15) is 0 Å². The lowest BCUT2D eigenvalue weighted by atomic mass is 10.0. The Bertz CT molecular complexity index is 798. The number of nitrogens with one attached hydrogen (secondary N) is 1. The summed E-state index contributed by atoms with van der Waals surface area (Å²) >= 11 is 0. The largest absolute Gasteiger partial charge is 0.352 e. The fourth-order valence-electron chi connectivity index (χ4n) is 3.06. The fraction of sp³-hybridized carbons (Fsp3) is 0.391. The molecule has 0 aliphatic rings. The first-order chi connectivity index (χ1) is 12.8. The lowest BCUT2D eigenvalue weighted by Crippen LogP contribution is -2.49. The Morgan fingerprint density at radius 2 is 1.70 bits per heavy atom. The van der Waals surface area contributed by atoms with Gasteiger partial charge < -0.3 is 10.2 Å². The molecule has 2 amide bonds. The Kier molecular flexibility index (Phi) is 7.17. The van der Waals surface area contributed by atoms with Crippen molar-refractivity contribution in [2.45, 2.75) is 59.7 Å². The summed E-state index contributed by atoms with van der Waals surface area (Å²) < 4.78 is 0. The van der Waals surface area contributed by atoms with Crippen molar-refractivity contribution in [3.05, 3.63) is 70.8 Å². The molecule has 0 saturated carbocycles. The Balaban J connectivity index is 2.26. The number of carbonyl (C=O) groups is 2. The lowest BCUT2D eigenvalue weighted by molar-refractivity contribution is -0.140. The molecule has 0 bridgehead atoms. The number of carbonyl (C=O) groups excluding carboxylic acids is 2. The highest BCUT2D eigenvalue weighted by Gasteiger charge is 2.26. The van der Waals surface area contributed by atoms with Crippen molar-refractivity contribution in [1.82, 2.24) is 10.2 Å². The summed E-state index contributed by atoms with van der Waals surface area (Å²) in [6, 6.07) is 15.4. The van der Waals surface area contributed by atoms with Crippen molar-refractivity contribution in [2.75, 3.05) is 0 Å². The molecule has 27 heavy (non-hydrogen) atoms. The van der Waals surface area contributed by atoms with Crippen LogP contribution in [0, 0.1) is 13.8 Å². The van der Waals surface area contributed by atoms with Gasteiger partial charge in [-0.1, -0.05) is 54.1 Å². The molecule has 0 heterocycles. The van der Waals surface area contributed by atoms with Crippen LogP contribution in [-0.4, -0.2) is 28.8 Å². The summed E-state index contributed by atoms with van der Waals surface area (Å²) in [6.45, 7) is 10.1. The van der Waals surface area contributed by atoms with Gasteiger partial charge in [-0.15, -0.1) is 0 Å². The average molecular weight is 367 g/mol. The SMILES string of the molecule is Cc1cccc(CC(=O)N(Cc2ccccc2C)C(C)C(=O)NC(C)C)c1. The van der Waals surface area contributed by atoms with Crippen molar-refractivity contribution in [3.63, 3.8) is 0 Å². The average Bonchev–Trinajstić information content (AvgIpc) is 2.59. The van der Waals surface area contributed by atoms with Gasteiger partial charge in [-0.3, -0.25) is 9.59 Å². The fourth-order valence-corrected chi connectivity index (χ4v) is 3.06. The molecule has 0 fully saturated rings. The third-order valence-electron chi connectivity index (χ3n) is 4.64. The number of nitrogens with zero attached hydrogens (tertiary/aromatic N) is 1. The van der Waals surface area contributed by atoms with Gasteiger partial charge in [0.05, 0.1) is 6.42 Å². The van der Waals surface area contributed by atoms with E-state index in [0.29, 0.717) is 6.54 Å². The van der Waals surface area contributed by atoms with Crippen LogP contribution in [0.2, 0.25) is 0 Å². The molecule has 0 radical (unpaired) electrons. The molecule has 0 saturated heterocycles. The monoisotopic (exact) mass is 366 g/mol. The predicted octanol–water partition coefficient (Wildman–Crippen LogP) is 3.79. The number of hydrogen-bond acceptors (Lipinski definition) is 2. The zero-order valence-electron chi connectivity index (χ0n) is 17.0. The predicted molar refractivity (Wildman–Crippen MR) is 109 cm³/mol. The van der Waals surface area contributed by atoms with E-state index >= 15 is 0 Å². The first-order valence-corrected chi connectivity index (χ1v) is 9.48. The van der Waals surface area contributed by atoms with Crippen molar-refractivity contribution in [1.29, 1.82) is 0 Å². The molecule has 2 rings (SSSR count). The molecule has 0 aliphatic heterocycles. The van der Waals surface area contributed by atoms with E-state index in [4.69, 9.17) is 0 Å². The summed E-state index contributed by atoms with van der Waals surface area (Å²) in [5, 5.41) is 2.92. The summed E-state index contributed by atoms with van der Waals surface area (Å²) in [5.41, 5.74) is 4.25. The highest BCUT2D eigenvalue weighted by atomic mass is 16.2. The van der Waals surface area contributed by atoms with Crippen LogP contribution in [0.5, 0.6) is 0 Å². The van der Waals surface area contributed by atoms with E-state index in [9.17, 15) is 9.59 Å². The highest BCUT2D eigenvalue weighted by Crippen LogP contribution is 2.16. The molecule has 2 aromatic carbocycles. The molecule has 4 heteroatoms. The van der Waals surface area contributed by atoms with E-state index in [1.807, 2.05) is 76.2 Å². The van der Waals surface area contributed by atoms with Gasteiger partial charge in [-0.05, 0) is 51.3 Å². The maximum Gasteiger partial charge on any atom is 0.242 e. The number of rotatable bonds is 7. The summed E-state index contributed by atoms with van der Waals surface area (Å²) in [7, 11) is 0. The topological polar surface area (TPSA) is 49.4 Å². The molecule has 144 valence electrons. The zero-order chi connectivity index (χ0) is 20.0. The van der Waals surface area contributed by atoms with Crippen LogP contribution >= 0.6 is 0 Å². The third kappa shape index (κ3) is 5.95. The molecule has 0 aromatic heterocycles. The minimum Gasteiger partial charge on any atom is -0.352 e. The van der Waals surface area contributed by atoms with Crippen LogP contribution in [0.4, 0.5) is 0 Å². The number of aryl methyl sites for hydroxylation is 2. The standard InChI is InChI=1S/C23H30N2O2/c1-16(2)24-23(27)19(5)25(15-21-12-7-6-10-18(21)4)22(26)14-20-11-8-9-17(3)13-20/h6-13,16,19H,14-15H2,1-5H3,(H,24,27). The first kappa shape index (κ1) is 20.7. The molecular weight excluding hydrogens is 336 g/mol. The summed E-state index contributed by atoms with van der Waals surface area (Å²) in [4.78, 5) is 27.4. The smallest absolute Gasteiger partial charge is 0.242 e. The lowest BCUT2D eigenvalue weighted by Gasteiger charge is -2.30. The van der Waals surface area contributed by atoms with Gasteiger partial charge in [-0.25, -0.2) is 0 Å². The number of benzene rings is 2. The molecule has 4 nitrogen and oxygen atoms in total. The zero-order valence-corrected chi connectivity index (χ0v) is 17.0. The molecule has 1 atom stereocenters. The maximum absolute atomic E-state index is 13.1. The first-order valence-electron chi connectivity index (χ1n) is 9.48. The van der Waals surface area contributed by atoms with Crippen LogP contribution in [0.15, 0.2) is 48.5 Å². The minimum absolute atomic E-state index is 0.0344. The minimum atomic E-state index is -0.538. The Morgan fingerprint density at radius 1 is 1.00 bits per heavy atom. The second-order valence-corrected chi connectivity index (χ2v) is 7.45. The second-order valence-electron chi connectivity index (χ2n) is 7.45. The molecule has 0 aliphatic carbocycles. The van der Waals surface area contributed by atoms with Crippen LogP contribution in [0.1, 0.15) is 43.0 Å². The van der Waals surface area contributed by atoms with E-state index in [1.54, 1.807) is 11.8 Å². The van der Waals surface area contributed by atoms with Gasteiger partial charge in [0.15, 0.2) is 0 Å². The van der Waals surface area contributed by atoms with Gasteiger partial charge >= 0.3 is 0 Å². The Hall–Kier alpha value is -2.62. The van der Waals surface area contributed by atoms with Gasteiger partial charge in [0, 0.05) is 12.6 Å². The Labute approximate surface area is 162 Å². The van der Waals surface area contributed by atoms with Crippen molar-refractivity contribution >= 4 is 11.8 Å². The van der Waals surface area contributed by atoms with Gasteiger partial charge in [0.25, 0.3) is 0 Å². The molecule has 1 unspecified atom stereocenters. The maximum atomic E-state index is 13.1. The van der Waals surface area contributed by atoms with E-state index in [1.165, 1.54) is 0 Å². The number of hydrogen-bond donors (Lipinski definition) is 1. The molecule has 1 N–H and O–H groups in total. The molecule has 0 spiro atoms. The van der Waals surface area contributed by atoms with Crippen LogP contribution in [0.25, 0.3) is 0 Å². The van der Waals surface area contributed by atoms with Crippen molar-refractivity contribution in [2.24, 2.45) is 0 Å². The second kappa shape index (κ2) is 9.36. The number of amides is 2. The highest BCUT2D eigenvalue weighted by molar-refractivity contribution is 5.88. The third-order valence-corrected chi connectivity index (χ3v) is 4.64. The molecule has 2 aromatic rings. The van der Waals surface area contributed by atoms with Crippen LogP contribution in [-0.2, 0) is 22.6 Å². The van der Waals surface area contributed by atoms with Crippen molar-refractivity contribution < 1.29 is 9.59 Å². The normalized spacial score (nSPS) is 11.9.